The van der Waals surface area contributed by atoms with E-state index < -0.39 is 40.7 Å². The number of halogens is 2. The molecule has 0 saturated heterocycles. The molecule has 0 unspecified atom stereocenters. The van der Waals surface area contributed by atoms with Crippen molar-refractivity contribution < 1.29 is 28.0 Å². The molecule has 0 aliphatic rings. The monoisotopic (exact) mass is 350 g/mol. The molecule has 0 spiro atoms. The highest BCUT2D eigenvalue weighted by Gasteiger charge is 2.16. The van der Waals surface area contributed by atoms with Crippen LogP contribution in [0.25, 0.3) is 0 Å². The average molecular weight is 350 g/mol. The van der Waals surface area contributed by atoms with Crippen LogP contribution in [-0.2, 0) is 20.7 Å². The van der Waals surface area contributed by atoms with Crippen molar-refractivity contribution in [2.75, 3.05) is 11.9 Å². The van der Waals surface area contributed by atoms with Crippen LogP contribution in [0.15, 0.2) is 42.5 Å². The van der Waals surface area contributed by atoms with Crippen molar-refractivity contribution in [2.24, 2.45) is 0 Å². The number of carbonyl (C=O) groups excluding carboxylic acids is 2. The summed E-state index contributed by atoms with van der Waals surface area (Å²) in [5.41, 5.74) is -0.278. The number of nitrogens with zero attached hydrogens (tertiary/aromatic N) is 1. The zero-order chi connectivity index (χ0) is 18.4. The highest BCUT2D eigenvalue weighted by molar-refractivity contribution is 5.93. The lowest BCUT2D eigenvalue weighted by Gasteiger charge is -2.07. The number of rotatable bonds is 6. The Morgan fingerprint density at radius 2 is 1.80 bits per heavy atom. The first-order valence-corrected chi connectivity index (χ1v) is 6.99. The van der Waals surface area contributed by atoms with Gasteiger partial charge in [-0.3, -0.25) is 19.7 Å². The van der Waals surface area contributed by atoms with Gasteiger partial charge in [-0.2, -0.15) is 4.39 Å². The number of hydrogen-bond acceptors (Lipinski definition) is 5. The van der Waals surface area contributed by atoms with Crippen LogP contribution in [0, 0.1) is 21.7 Å². The first-order chi connectivity index (χ1) is 11.8. The van der Waals surface area contributed by atoms with Gasteiger partial charge in [-0.1, -0.05) is 12.1 Å². The number of carbonyl (C=O) groups is 2. The summed E-state index contributed by atoms with van der Waals surface area (Å²) in [5.74, 6) is -2.92. The van der Waals surface area contributed by atoms with E-state index in [2.05, 4.69) is 5.32 Å². The van der Waals surface area contributed by atoms with Crippen LogP contribution in [0.3, 0.4) is 0 Å². The Bertz CT molecular complexity index is 809. The fourth-order valence-electron chi connectivity index (χ4n) is 1.89. The summed E-state index contributed by atoms with van der Waals surface area (Å²) in [6, 6.07) is 8.04. The molecule has 9 heteroatoms. The molecule has 0 radical (unpaired) electrons. The quantitative estimate of drug-likeness (QED) is 0.490. The molecule has 2 rings (SSSR count). The van der Waals surface area contributed by atoms with Gasteiger partial charge in [0.1, 0.15) is 5.82 Å². The highest BCUT2D eigenvalue weighted by Crippen LogP contribution is 2.21. The van der Waals surface area contributed by atoms with Gasteiger partial charge < -0.3 is 10.1 Å². The summed E-state index contributed by atoms with van der Waals surface area (Å²) < 4.78 is 30.7. The molecular weight excluding hydrogens is 338 g/mol. The normalized spacial score (nSPS) is 10.2. The molecule has 0 aliphatic heterocycles. The number of anilines is 1. The third-order valence-electron chi connectivity index (χ3n) is 3.05. The van der Waals surface area contributed by atoms with Crippen LogP contribution in [0.5, 0.6) is 0 Å². The molecule has 7 nitrogen and oxygen atoms in total. The van der Waals surface area contributed by atoms with Crippen molar-refractivity contribution in [3.63, 3.8) is 0 Å². The molecule has 0 heterocycles. The van der Waals surface area contributed by atoms with E-state index in [1.807, 2.05) is 0 Å². The maximum absolute atomic E-state index is 13.2. The van der Waals surface area contributed by atoms with Crippen molar-refractivity contribution in [1.29, 1.82) is 0 Å². The third kappa shape index (κ3) is 5.34. The number of esters is 1. The van der Waals surface area contributed by atoms with E-state index >= 15 is 0 Å². The molecule has 0 fully saturated rings. The molecule has 0 aliphatic carbocycles. The van der Waals surface area contributed by atoms with Gasteiger partial charge in [0.15, 0.2) is 6.61 Å². The van der Waals surface area contributed by atoms with Crippen LogP contribution in [0.1, 0.15) is 5.56 Å². The topological polar surface area (TPSA) is 98.5 Å². The fraction of sp³-hybridized carbons (Fsp3) is 0.125. The lowest BCUT2D eigenvalue weighted by molar-refractivity contribution is -0.387. The average Bonchev–Trinajstić information content (AvgIpc) is 2.56. The minimum Gasteiger partial charge on any atom is -0.455 e. The molecule has 0 atom stereocenters. The van der Waals surface area contributed by atoms with Gasteiger partial charge in [-0.15, -0.1) is 0 Å². The predicted octanol–water partition coefficient (Wildman–Crippen LogP) is 2.60. The maximum Gasteiger partial charge on any atom is 0.310 e. The Kier molecular flexibility index (Phi) is 5.72. The van der Waals surface area contributed by atoms with Gasteiger partial charge in [0.2, 0.25) is 5.82 Å². The van der Waals surface area contributed by atoms with Gasteiger partial charge >= 0.3 is 11.7 Å². The molecule has 130 valence electrons. The van der Waals surface area contributed by atoms with Gasteiger partial charge in [0, 0.05) is 11.8 Å². The summed E-state index contributed by atoms with van der Waals surface area (Å²) in [4.78, 5) is 33.0. The van der Waals surface area contributed by atoms with Crippen molar-refractivity contribution in [2.45, 2.75) is 6.42 Å². The van der Waals surface area contributed by atoms with E-state index in [-0.39, 0.29) is 12.1 Å². The van der Waals surface area contributed by atoms with E-state index in [4.69, 9.17) is 4.74 Å². The van der Waals surface area contributed by atoms with E-state index in [1.165, 1.54) is 24.3 Å². The lowest BCUT2D eigenvalue weighted by atomic mass is 10.1. The molecule has 0 bridgehead atoms. The van der Waals surface area contributed by atoms with E-state index in [1.54, 1.807) is 0 Å². The van der Waals surface area contributed by atoms with Gasteiger partial charge in [0.25, 0.3) is 5.91 Å². The summed E-state index contributed by atoms with van der Waals surface area (Å²) in [7, 11) is 0. The van der Waals surface area contributed by atoms with Crippen molar-refractivity contribution in [3.05, 3.63) is 69.8 Å². The Labute approximate surface area is 140 Å². The number of hydrogen-bond donors (Lipinski definition) is 1. The first-order valence-electron chi connectivity index (χ1n) is 6.99. The number of nitrogens with one attached hydrogen (secondary N) is 1. The second-order valence-electron chi connectivity index (χ2n) is 4.94. The molecule has 0 aromatic heterocycles. The van der Waals surface area contributed by atoms with E-state index in [0.717, 1.165) is 18.2 Å². The maximum atomic E-state index is 13.2. The number of nitro groups is 1. The van der Waals surface area contributed by atoms with E-state index in [0.29, 0.717) is 5.56 Å². The molecule has 0 saturated carbocycles. The van der Waals surface area contributed by atoms with Crippen molar-refractivity contribution >= 4 is 23.3 Å². The van der Waals surface area contributed by atoms with Crippen molar-refractivity contribution in [3.8, 4) is 0 Å². The minimum atomic E-state index is -1.03. The van der Waals surface area contributed by atoms with Crippen LogP contribution in [0.2, 0.25) is 0 Å². The summed E-state index contributed by atoms with van der Waals surface area (Å²) in [6.07, 6.45) is -0.143. The van der Waals surface area contributed by atoms with Gasteiger partial charge in [0.05, 0.1) is 11.3 Å². The van der Waals surface area contributed by atoms with Crippen LogP contribution in [0.4, 0.5) is 20.2 Å². The zero-order valence-electron chi connectivity index (χ0n) is 12.7. The summed E-state index contributed by atoms with van der Waals surface area (Å²) >= 11 is 0. The first kappa shape index (κ1) is 18.0. The standard InChI is InChI=1S/C16H12F2N2O5/c17-11-3-1-10(2-4-11)7-16(22)25-9-15(21)19-12-5-6-13(18)14(8-12)20(23)24/h1-6,8H,7,9H2,(H,19,21). The highest BCUT2D eigenvalue weighted by atomic mass is 19.1. The Hall–Kier alpha value is -3.36. The molecule has 1 N–H and O–H groups in total. The third-order valence-corrected chi connectivity index (χ3v) is 3.05. The van der Waals surface area contributed by atoms with Crippen LogP contribution >= 0.6 is 0 Å². The van der Waals surface area contributed by atoms with E-state index in [9.17, 15) is 28.5 Å². The second-order valence-corrected chi connectivity index (χ2v) is 4.94. The number of nitro benzene ring substituents is 1. The largest absolute Gasteiger partial charge is 0.455 e. The minimum absolute atomic E-state index is 0.00677. The Morgan fingerprint density at radius 1 is 1.12 bits per heavy atom. The summed E-state index contributed by atoms with van der Waals surface area (Å²) in [5, 5.41) is 12.9. The molecular formula is C16H12F2N2O5. The Morgan fingerprint density at radius 3 is 2.44 bits per heavy atom. The number of ether oxygens (including phenoxy) is 1. The smallest absolute Gasteiger partial charge is 0.310 e. The number of amides is 1. The summed E-state index contributed by atoms with van der Waals surface area (Å²) in [6.45, 7) is -0.620. The molecule has 2 aromatic carbocycles. The van der Waals surface area contributed by atoms with Gasteiger partial charge in [-0.05, 0) is 29.8 Å². The molecule has 1 amide bonds. The SMILES string of the molecule is O=C(COC(=O)Cc1ccc(F)cc1)Nc1ccc(F)c([N+](=O)[O-])c1. The lowest BCUT2D eigenvalue weighted by Crippen LogP contribution is -2.21. The van der Waals surface area contributed by atoms with Crippen molar-refractivity contribution in [1.82, 2.24) is 0 Å². The Balaban J connectivity index is 1.86. The number of benzene rings is 2. The zero-order valence-corrected chi connectivity index (χ0v) is 12.7. The van der Waals surface area contributed by atoms with Crippen LogP contribution in [-0.4, -0.2) is 23.4 Å². The van der Waals surface area contributed by atoms with Gasteiger partial charge in [-0.25, -0.2) is 4.39 Å². The molecule has 2 aromatic rings. The molecule has 25 heavy (non-hydrogen) atoms. The fourth-order valence-corrected chi connectivity index (χ4v) is 1.89. The van der Waals surface area contributed by atoms with Crippen LogP contribution < -0.4 is 5.32 Å². The predicted molar refractivity (Wildman–Crippen MR) is 82.7 cm³/mol. The second kappa shape index (κ2) is 7.95.